The van der Waals surface area contributed by atoms with Crippen molar-refractivity contribution in [3.8, 4) is 0 Å². The molecule has 3 nitrogen and oxygen atoms in total. The molecule has 2 N–H and O–H groups in total. The summed E-state index contributed by atoms with van der Waals surface area (Å²) in [6.45, 7) is 4.25. The second-order valence-corrected chi connectivity index (χ2v) is 7.69. The predicted molar refractivity (Wildman–Crippen MR) is 85.5 cm³/mol. The Balaban J connectivity index is 2.14. The van der Waals surface area contributed by atoms with Gasteiger partial charge in [0.05, 0.1) is 0 Å². The van der Waals surface area contributed by atoms with E-state index in [1.54, 1.807) is 12.1 Å². The fraction of sp³-hybridized carbons (Fsp3) is 0.632. The summed E-state index contributed by atoms with van der Waals surface area (Å²) in [6, 6.07) is 6.07. The summed E-state index contributed by atoms with van der Waals surface area (Å²) in [5.41, 5.74) is -0.0658. The minimum absolute atomic E-state index is 0.0512. The molecule has 1 aromatic carbocycles. The molecule has 2 aliphatic carbocycles. The average Bonchev–Trinajstić information content (AvgIpc) is 2.48. The van der Waals surface area contributed by atoms with Crippen molar-refractivity contribution in [2.45, 2.75) is 51.0 Å². The van der Waals surface area contributed by atoms with Gasteiger partial charge >= 0.3 is 5.97 Å². The maximum atomic E-state index is 13.4. The highest BCUT2D eigenvalue weighted by molar-refractivity contribution is 5.75. The number of carbonyl (C=O) groups is 1. The van der Waals surface area contributed by atoms with E-state index in [0.717, 1.165) is 24.8 Å². The van der Waals surface area contributed by atoms with Gasteiger partial charge in [-0.25, -0.2) is 9.18 Å². The Bertz CT molecular complexity index is 581. The van der Waals surface area contributed by atoms with Crippen molar-refractivity contribution in [2.24, 2.45) is 23.7 Å². The van der Waals surface area contributed by atoms with Crippen LogP contribution in [0.25, 0.3) is 0 Å². The number of aliphatic hydroxyl groups excluding tert-OH is 1. The number of benzene rings is 1. The molecular formula is C19H25FO3. The first-order chi connectivity index (χ1) is 10.9. The highest BCUT2D eigenvalue weighted by atomic mass is 19.1. The molecule has 126 valence electrons. The van der Waals surface area contributed by atoms with Crippen LogP contribution in [0.2, 0.25) is 0 Å². The van der Waals surface area contributed by atoms with Crippen molar-refractivity contribution < 1.29 is 19.4 Å². The number of fused-ring (bicyclic) bond motifs is 2. The molecule has 3 rings (SSSR count). The van der Waals surface area contributed by atoms with E-state index in [0.29, 0.717) is 11.8 Å². The van der Waals surface area contributed by atoms with Crippen molar-refractivity contribution >= 4 is 5.97 Å². The number of aliphatic hydroxyl groups is 1. The molecule has 2 bridgehead atoms. The van der Waals surface area contributed by atoms with E-state index in [4.69, 9.17) is 0 Å². The first-order valence-electron chi connectivity index (χ1n) is 8.52. The lowest BCUT2D eigenvalue weighted by Crippen LogP contribution is -2.58. The lowest BCUT2D eigenvalue weighted by Gasteiger charge is -2.56. The van der Waals surface area contributed by atoms with Crippen LogP contribution in [-0.2, 0) is 10.2 Å². The number of hydrogen-bond donors (Lipinski definition) is 2. The monoisotopic (exact) mass is 320 g/mol. The zero-order chi connectivity index (χ0) is 16.8. The molecule has 0 spiro atoms. The van der Waals surface area contributed by atoms with Gasteiger partial charge in [-0.15, -0.1) is 0 Å². The molecule has 6 unspecified atom stereocenters. The van der Waals surface area contributed by atoms with E-state index < -0.39 is 17.5 Å². The Labute approximate surface area is 136 Å². The van der Waals surface area contributed by atoms with Gasteiger partial charge in [-0.2, -0.15) is 0 Å². The zero-order valence-corrected chi connectivity index (χ0v) is 13.7. The van der Waals surface area contributed by atoms with Gasteiger partial charge in [0, 0.05) is 5.41 Å². The third kappa shape index (κ3) is 2.57. The molecule has 0 heterocycles. The third-order valence-corrected chi connectivity index (χ3v) is 6.25. The van der Waals surface area contributed by atoms with Gasteiger partial charge in [0.25, 0.3) is 0 Å². The van der Waals surface area contributed by atoms with Gasteiger partial charge < -0.3 is 10.2 Å². The summed E-state index contributed by atoms with van der Waals surface area (Å²) in [7, 11) is 0. The summed E-state index contributed by atoms with van der Waals surface area (Å²) in [4.78, 5) is 11.7. The predicted octanol–water partition coefficient (Wildman–Crippen LogP) is 3.60. The number of carboxylic acid groups (broad SMARTS) is 1. The SMILES string of the molecule is CC1CC2CC(C)C(c3ccc(F)cc3)(C(O)C(=O)O)C(C1)C2. The van der Waals surface area contributed by atoms with Crippen LogP contribution < -0.4 is 0 Å². The quantitative estimate of drug-likeness (QED) is 0.894. The second kappa shape index (κ2) is 5.90. The Morgan fingerprint density at radius 2 is 1.83 bits per heavy atom. The number of rotatable bonds is 3. The molecule has 2 aliphatic rings. The van der Waals surface area contributed by atoms with Crippen molar-refractivity contribution in [3.05, 3.63) is 35.6 Å². The van der Waals surface area contributed by atoms with E-state index in [9.17, 15) is 19.4 Å². The minimum Gasteiger partial charge on any atom is -0.479 e. The molecule has 2 saturated carbocycles. The molecule has 0 aromatic heterocycles. The standard InChI is InChI=1S/C19H25FO3/c1-11-7-13-9-12(2)19(15(8-11)10-13,17(21)18(22)23)14-3-5-16(20)6-4-14/h3-6,11-13,15,17,21H,7-10H2,1-2H3,(H,22,23). The molecule has 0 aliphatic heterocycles. The normalized spacial score (nSPS) is 38.1. The van der Waals surface area contributed by atoms with E-state index >= 15 is 0 Å². The largest absolute Gasteiger partial charge is 0.479 e. The maximum Gasteiger partial charge on any atom is 0.333 e. The lowest BCUT2D eigenvalue weighted by molar-refractivity contribution is -0.159. The summed E-state index contributed by atoms with van der Waals surface area (Å²) in [5.74, 6) is -0.211. The fourth-order valence-corrected chi connectivity index (χ4v) is 5.54. The number of carboxylic acids is 1. The highest BCUT2D eigenvalue weighted by Gasteiger charge is 2.57. The topological polar surface area (TPSA) is 57.5 Å². The van der Waals surface area contributed by atoms with Crippen LogP contribution in [0, 0.1) is 29.5 Å². The third-order valence-electron chi connectivity index (χ3n) is 6.25. The van der Waals surface area contributed by atoms with Crippen molar-refractivity contribution in [3.63, 3.8) is 0 Å². The number of hydrogen-bond acceptors (Lipinski definition) is 2. The van der Waals surface area contributed by atoms with Crippen LogP contribution in [0.1, 0.15) is 45.1 Å². The van der Waals surface area contributed by atoms with Crippen LogP contribution in [0.4, 0.5) is 4.39 Å². The summed E-state index contributed by atoms with van der Waals surface area (Å²) in [5, 5.41) is 20.3. The zero-order valence-electron chi connectivity index (χ0n) is 13.7. The van der Waals surface area contributed by atoms with Gasteiger partial charge in [0.2, 0.25) is 0 Å². The molecule has 4 heteroatoms. The van der Waals surface area contributed by atoms with Crippen molar-refractivity contribution in [2.75, 3.05) is 0 Å². The molecule has 23 heavy (non-hydrogen) atoms. The summed E-state index contributed by atoms with van der Waals surface area (Å²) < 4.78 is 13.4. The van der Waals surface area contributed by atoms with E-state index in [1.165, 1.54) is 18.6 Å². The van der Waals surface area contributed by atoms with Crippen molar-refractivity contribution in [1.29, 1.82) is 0 Å². The van der Waals surface area contributed by atoms with Crippen molar-refractivity contribution in [1.82, 2.24) is 0 Å². The minimum atomic E-state index is -1.46. The van der Waals surface area contributed by atoms with Gasteiger partial charge in [0.15, 0.2) is 6.10 Å². The Kier molecular flexibility index (Phi) is 4.21. The van der Waals surface area contributed by atoms with Crippen LogP contribution in [0.3, 0.4) is 0 Å². The molecule has 0 saturated heterocycles. The van der Waals surface area contributed by atoms with Crippen LogP contribution in [-0.4, -0.2) is 22.3 Å². The van der Waals surface area contributed by atoms with Gasteiger partial charge in [-0.3, -0.25) is 0 Å². The molecule has 6 atom stereocenters. The van der Waals surface area contributed by atoms with Crippen LogP contribution in [0.15, 0.2) is 24.3 Å². The van der Waals surface area contributed by atoms with Crippen LogP contribution >= 0.6 is 0 Å². The second-order valence-electron chi connectivity index (χ2n) is 7.69. The van der Waals surface area contributed by atoms with Gasteiger partial charge in [-0.05, 0) is 67.1 Å². The average molecular weight is 320 g/mol. The van der Waals surface area contributed by atoms with Gasteiger partial charge in [-0.1, -0.05) is 26.0 Å². The van der Waals surface area contributed by atoms with Crippen LogP contribution in [0.5, 0.6) is 0 Å². The van der Waals surface area contributed by atoms with E-state index in [-0.39, 0.29) is 17.7 Å². The molecule has 1 aromatic rings. The van der Waals surface area contributed by atoms with E-state index in [1.807, 2.05) is 6.92 Å². The molecule has 2 fully saturated rings. The first kappa shape index (κ1) is 16.4. The Morgan fingerprint density at radius 1 is 1.17 bits per heavy atom. The molecule has 0 radical (unpaired) electrons. The number of halogens is 1. The summed E-state index contributed by atoms with van der Waals surface area (Å²) >= 11 is 0. The van der Waals surface area contributed by atoms with Gasteiger partial charge in [0.1, 0.15) is 5.82 Å². The molecular weight excluding hydrogens is 295 g/mol. The van der Waals surface area contributed by atoms with E-state index in [2.05, 4.69) is 6.92 Å². The Hall–Kier alpha value is -1.42. The maximum absolute atomic E-state index is 13.4. The highest BCUT2D eigenvalue weighted by Crippen LogP contribution is 2.57. The smallest absolute Gasteiger partial charge is 0.333 e. The molecule has 0 amide bonds. The fourth-order valence-electron chi connectivity index (χ4n) is 5.54. The Morgan fingerprint density at radius 3 is 2.43 bits per heavy atom. The number of aliphatic carboxylic acids is 1. The summed E-state index contributed by atoms with van der Waals surface area (Å²) in [6.07, 6.45) is 2.52. The first-order valence-corrected chi connectivity index (χ1v) is 8.52. The lowest BCUT2D eigenvalue weighted by atomic mass is 9.48.